The fraction of sp³-hybridized carbons (Fsp3) is 0.133. The third-order valence-corrected chi connectivity index (χ3v) is 4.83. The highest BCUT2D eigenvalue weighted by molar-refractivity contribution is 9.11. The molecule has 0 radical (unpaired) electrons. The molecule has 1 aliphatic rings. The lowest BCUT2D eigenvalue weighted by Crippen LogP contribution is -2.25. The molecule has 3 rings (SSSR count). The van der Waals surface area contributed by atoms with Crippen molar-refractivity contribution in [3.05, 3.63) is 56.5 Å². The molecule has 3 nitrogen and oxygen atoms in total. The topological polar surface area (TPSA) is 38.3 Å². The minimum absolute atomic E-state index is 0.0505. The molecule has 0 aliphatic carbocycles. The molecule has 0 aromatic heterocycles. The standard InChI is InChI=1S/C15H10Br2ClNO2/c16-9-2-3-10(11(17)6-9)15(18)8-1-4-13-12(5-8)19-14(20)7-21-13/h1-6,15H,7H2,(H,19,20). The number of nitrogens with one attached hydrogen (secondary N) is 1. The van der Waals surface area contributed by atoms with Crippen molar-refractivity contribution in [1.82, 2.24) is 0 Å². The van der Waals surface area contributed by atoms with Crippen molar-refractivity contribution in [3.63, 3.8) is 0 Å². The molecule has 1 unspecified atom stereocenters. The summed E-state index contributed by atoms with van der Waals surface area (Å²) in [7, 11) is 0. The number of alkyl halides is 1. The number of halogens is 3. The highest BCUT2D eigenvalue weighted by Gasteiger charge is 2.20. The zero-order valence-corrected chi connectivity index (χ0v) is 14.6. The lowest BCUT2D eigenvalue weighted by atomic mass is 10.0. The normalized spacial score (nSPS) is 14.9. The molecule has 6 heteroatoms. The van der Waals surface area contributed by atoms with Crippen LogP contribution in [0.15, 0.2) is 45.3 Å². The van der Waals surface area contributed by atoms with Crippen LogP contribution in [0.2, 0.25) is 0 Å². The first-order chi connectivity index (χ1) is 10.0. The van der Waals surface area contributed by atoms with Crippen LogP contribution in [0.25, 0.3) is 0 Å². The van der Waals surface area contributed by atoms with E-state index >= 15 is 0 Å². The van der Waals surface area contributed by atoms with Gasteiger partial charge in [-0.15, -0.1) is 11.6 Å². The predicted octanol–water partition coefficient (Wildman–Crippen LogP) is 4.87. The summed E-state index contributed by atoms with van der Waals surface area (Å²) in [6, 6.07) is 11.4. The molecule has 21 heavy (non-hydrogen) atoms. The largest absolute Gasteiger partial charge is 0.482 e. The Labute approximate surface area is 143 Å². The second-order valence-corrected chi connectivity index (χ2v) is 6.83. The number of benzene rings is 2. The quantitative estimate of drug-likeness (QED) is 0.689. The number of carbonyl (C=O) groups excluding carboxylic acids is 1. The molecule has 1 amide bonds. The smallest absolute Gasteiger partial charge is 0.262 e. The lowest BCUT2D eigenvalue weighted by Gasteiger charge is -2.20. The van der Waals surface area contributed by atoms with Gasteiger partial charge in [0.05, 0.1) is 11.1 Å². The molecular weight excluding hydrogens is 421 g/mol. The summed E-state index contributed by atoms with van der Waals surface area (Å²) in [6.07, 6.45) is 0. The van der Waals surface area contributed by atoms with Gasteiger partial charge < -0.3 is 10.1 Å². The lowest BCUT2D eigenvalue weighted by molar-refractivity contribution is -0.118. The van der Waals surface area contributed by atoms with Gasteiger partial charge in [0.1, 0.15) is 5.75 Å². The van der Waals surface area contributed by atoms with E-state index in [-0.39, 0.29) is 17.9 Å². The third kappa shape index (κ3) is 3.10. The highest BCUT2D eigenvalue weighted by atomic mass is 79.9. The summed E-state index contributed by atoms with van der Waals surface area (Å²) < 4.78 is 7.25. The van der Waals surface area contributed by atoms with Gasteiger partial charge in [0, 0.05) is 8.95 Å². The van der Waals surface area contributed by atoms with E-state index in [4.69, 9.17) is 16.3 Å². The van der Waals surface area contributed by atoms with E-state index in [1.54, 1.807) is 0 Å². The van der Waals surface area contributed by atoms with Crippen LogP contribution in [-0.2, 0) is 4.79 Å². The van der Waals surface area contributed by atoms with Crippen molar-refractivity contribution >= 4 is 55.1 Å². The van der Waals surface area contributed by atoms with Gasteiger partial charge in [0.2, 0.25) is 0 Å². The Hall–Kier alpha value is -1.04. The van der Waals surface area contributed by atoms with Gasteiger partial charge in [-0.3, -0.25) is 4.79 Å². The van der Waals surface area contributed by atoms with Gasteiger partial charge in [-0.25, -0.2) is 0 Å². The van der Waals surface area contributed by atoms with E-state index in [1.165, 1.54) is 0 Å². The van der Waals surface area contributed by atoms with E-state index < -0.39 is 0 Å². The summed E-state index contributed by atoms with van der Waals surface area (Å²) in [4.78, 5) is 11.4. The van der Waals surface area contributed by atoms with Crippen LogP contribution < -0.4 is 10.1 Å². The van der Waals surface area contributed by atoms with Crippen LogP contribution in [-0.4, -0.2) is 12.5 Å². The van der Waals surface area contributed by atoms with Crippen molar-refractivity contribution in [2.45, 2.75) is 5.38 Å². The average molecular weight is 432 g/mol. The summed E-state index contributed by atoms with van der Waals surface area (Å²) in [6.45, 7) is 0.0505. The van der Waals surface area contributed by atoms with Crippen molar-refractivity contribution in [2.75, 3.05) is 11.9 Å². The molecule has 0 spiro atoms. The molecule has 0 saturated carbocycles. The van der Waals surface area contributed by atoms with Crippen LogP contribution in [0, 0.1) is 0 Å². The van der Waals surface area contributed by atoms with E-state index in [9.17, 15) is 4.79 Å². The maximum Gasteiger partial charge on any atom is 0.262 e. The molecule has 2 aromatic rings. The Balaban J connectivity index is 1.96. The van der Waals surface area contributed by atoms with Crippen LogP contribution in [0.5, 0.6) is 5.75 Å². The van der Waals surface area contributed by atoms with Crippen LogP contribution in [0.3, 0.4) is 0 Å². The maximum absolute atomic E-state index is 11.4. The molecule has 0 saturated heterocycles. The summed E-state index contributed by atoms with van der Waals surface area (Å²) >= 11 is 13.5. The maximum atomic E-state index is 11.4. The predicted molar refractivity (Wildman–Crippen MR) is 90.1 cm³/mol. The third-order valence-electron chi connectivity index (χ3n) is 3.16. The van der Waals surface area contributed by atoms with Crippen LogP contribution >= 0.6 is 43.5 Å². The minimum Gasteiger partial charge on any atom is -0.482 e. The first-order valence-corrected chi connectivity index (χ1v) is 8.22. The number of amides is 1. The Kier molecular flexibility index (Phi) is 4.24. The minimum atomic E-state index is -0.323. The van der Waals surface area contributed by atoms with Crippen LogP contribution in [0.4, 0.5) is 5.69 Å². The van der Waals surface area contributed by atoms with Gasteiger partial charge >= 0.3 is 0 Å². The SMILES string of the molecule is O=C1COc2ccc(C(Cl)c3ccc(Br)cc3Br)cc2N1. The van der Waals surface area contributed by atoms with E-state index in [0.717, 1.165) is 20.1 Å². The molecule has 108 valence electrons. The molecule has 1 aliphatic heterocycles. The van der Waals surface area contributed by atoms with Crippen molar-refractivity contribution in [3.8, 4) is 5.75 Å². The number of anilines is 1. The number of carbonyl (C=O) groups is 1. The second-order valence-electron chi connectivity index (χ2n) is 4.62. The number of ether oxygens (including phenoxy) is 1. The van der Waals surface area contributed by atoms with Crippen molar-refractivity contribution in [2.24, 2.45) is 0 Å². The van der Waals surface area contributed by atoms with Gasteiger partial charge in [-0.2, -0.15) is 0 Å². The Bertz CT molecular complexity index is 721. The molecule has 2 aromatic carbocycles. The van der Waals surface area contributed by atoms with E-state index in [1.807, 2.05) is 36.4 Å². The average Bonchev–Trinajstić information content (AvgIpc) is 2.46. The van der Waals surface area contributed by atoms with Gasteiger partial charge in [0.25, 0.3) is 5.91 Å². The number of hydrogen-bond donors (Lipinski definition) is 1. The van der Waals surface area contributed by atoms with Crippen molar-refractivity contribution < 1.29 is 9.53 Å². The fourth-order valence-electron chi connectivity index (χ4n) is 2.14. The summed E-state index contributed by atoms with van der Waals surface area (Å²) in [5, 5.41) is 2.47. The Morgan fingerprint density at radius 2 is 2.00 bits per heavy atom. The molecule has 0 bridgehead atoms. The first-order valence-electron chi connectivity index (χ1n) is 6.20. The molecule has 1 N–H and O–H groups in total. The molecule has 1 heterocycles. The highest BCUT2D eigenvalue weighted by Crippen LogP contribution is 2.38. The van der Waals surface area contributed by atoms with Crippen LogP contribution in [0.1, 0.15) is 16.5 Å². The Morgan fingerprint density at radius 1 is 1.19 bits per heavy atom. The monoisotopic (exact) mass is 429 g/mol. The second kappa shape index (κ2) is 5.99. The number of rotatable bonds is 2. The summed E-state index contributed by atoms with van der Waals surface area (Å²) in [5.41, 5.74) is 2.51. The number of fused-ring (bicyclic) bond motifs is 1. The number of hydrogen-bond acceptors (Lipinski definition) is 2. The zero-order chi connectivity index (χ0) is 15.0. The fourth-order valence-corrected chi connectivity index (χ4v) is 3.88. The molecule has 0 fully saturated rings. The van der Waals surface area contributed by atoms with E-state index in [2.05, 4.69) is 37.2 Å². The van der Waals surface area contributed by atoms with Crippen molar-refractivity contribution in [1.29, 1.82) is 0 Å². The van der Waals surface area contributed by atoms with Gasteiger partial charge in [-0.05, 0) is 35.4 Å². The first kappa shape index (κ1) is 14.9. The zero-order valence-electron chi connectivity index (χ0n) is 10.7. The molecule has 1 atom stereocenters. The van der Waals surface area contributed by atoms with E-state index in [0.29, 0.717) is 11.4 Å². The van der Waals surface area contributed by atoms with Gasteiger partial charge in [0.15, 0.2) is 6.61 Å². The summed E-state index contributed by atoms with van der Waals surface area (Å²) in [5.74, 6) is 0.507. The molecular formula is C15H10Br2ClNO2. The van der Waals surface area contributed by atoms with Gasteiger partial charge in [-0.1, -0.05) is 44.0 Å². The Morgan fingerprint density at radius 3 is 2.76 bits per heavy atom.